The molecule has 0 aliphatic rings. The molecule has 0 saturated carbocycles. The summed E-state index contributed by atoms with van der Waals surface area (Å²) in [6, 6.07) is 10.0. The van der Waals surface area contributed by atoms with E-state index in [2.05, 4.69) is 10.3 Å². The van der Waals surface area contributed by atoms with Crippen molar-refractivity contribution in [2.24, 2.45) is 0 Å². The van der Waals surface area contributed by atoms with E-state index in [1.807, 2.05) is 32.0 Å². The van der Waals surface area contributed by atoms with E-state index in [-0.39, 0.29) is 11.4 Å². The SMILES string of the molecule is Cc1cccc(C)c1NC(=O)c1cccc(C(=O)O)n1. The molecule has 5 heteroatoms. The third-order valence-electron chi connectivity index (χ3n) is 2.92. The smallest absolute Gasteiger partial charge is 0.354 e. The second kappa shape index (κ2) is 5.52. The Morgan fingerprint density at radius 1 is 1.00 bits per heavy atom. The number of nitrogens with zero attached hydrogens (tertiary/aromatic N) is 1. The average molecular weight is 270 g/mol. The summed E-state index contributed by atoms with van der Waals surface area (Å²) >= 11 is 0. The normalized spacial score (nSPS) is 10.1. The van der Waals surface area contributed by atoms with Gasteiger partial charge in [-0.05, 0) is 37.1 Å². The van der Waals surface area contributed by atoms with Crippen molar-refractivity contribution in [1.82, 2.24) is 4.98 Å². The molecular weight excluding hydrogens is 256 g/mol. The molecule has 1 heterocycles. The fraction of sp³-hybridized carbons (Fsp3) is 0.133. The van der Waals surface area contributed by atoms with Crippen molar-refractivity contribution >= 4 is 17.6 Å². The maximum Gasteiger partial charge on any atom is 0.354 e. The Morgan fingerprint density at radius 3 is 2.15 bits per heavy atom. The van der Waals surface area contributed by atoms with Gasteiger partial charge in [-0.1, -0.05) is 24.3 Å². The lowest BCUT2D eigenvalue weighted by Gasteiger charge is -2.11. The number of pyridine rings is 1. The standard InChI is InChI=1S/C15H14N2O3/c1-9-5-3-6-10(2)13(9)17-14(18)11-7-4-8-12(16-11)15(19)20/h3-8H,1-2H3,(H,17,18)(H,19,20). The van der Waals surface area contributed by atoms with Crippen LogP contribution >= 0.6 is 0 Å². The van der Waals surface area contributed by atoms with Crippen LogP contribution in [0.25, 0.3) is 0 Å². The van der Waals surface area contributed by atoms with Crippen molar-refractivity contribution in [3.63, 3.8) is 0 Å². The van der Waals surface area contributed by atoms with Gasteiger partial charge in [-0.2, -0.15) is 0 Å². The molecule has 0 atom stereocenters. The minimum atomic E-state index is -1.16. The molecule has 0 saturated heterocycles. The molecule has 0 fully saturated rings. The Balaban J connectivity index is 2.29. The van der Waals surface area contributed by atoms with Crippen molar-refractivity contribution in [3.05, 3.63) is 58.9 Å². The molecule has 1 amide bonds. The molecule has 102 valence electrons. The summed E-state index contributed by atoms with van der Waals surface area (Å²) < 4.78 is 0. The molecule has 0 radical (unpaired) electrons. The molecule has 5 nitrogen and oxygen atoms in total. The first-order chi connectivity index (χ1) is 9.49. The minimum absolute atomic E-state index is 0.0764. The molecule has 0 unspecified atom stereocenters. The number of para-hydroxylation sites is 1. The Bertz CT molecular complexity index is 660. The van der Waals surface area contributed by atoms with Crippen LogP contribution in [0.1, 0.15) is 32.1 Å². The number of carbonyl (C=O) groups is 2. The number of rotatable bonds is 3. The van der Waals surface area contributed by atoms with Gasteiger partial charge in [0.05, 0.1) is 0 Å². The monoisotopic (exact) mass is 270 g/mol. The largest absolute Gasteiger partial charge is 0.477 e. The number of carboxylic acids is 1. The number of nitrogens with one attached hydrogen (secondary N) is 1. The fourth-order valence-corrected chi connectivity index (χ4v) is 1.87. The van der Waals surface area contributed by atoms with Gasteiger partial charge in [0, 0.05) is 5.69 Å². The quantitative estimate of drug-likeness (QED) is 0.898. The molecule has 2 rings (SSSR count). The zero-order chi connectivity index (χ0) is 14.7. The third-order valence-corrected chi connectivity index (χ3v) is 2.92. The molecule has 1 aromatic heterocycles. The van der Waals surface area contributed by atoms with E-state index in [1.54, 1.807) is 0 Å². The summed E-state index contributed by atoms with van der Waals surface area (Å²) in [6.45, 7) is 3.79. The van der Waals surface area contributed by atoms with Crippen LogP contribution in [0.5, 0.6) is 0 Å². The van der Waals surface area contributed by atoms with Gasteiger partial charge in [0.25, 0.3) is 5.91 Å². The molecule has 2 aromatic rings. The van der Waals surface area contributed by atoms with E-state index in [0.29, 0.717) is 0 Å². The predicted molar refractivity (Wildman–Crippen MR) is 75.1 cm³/mol. The summed E-state index contributed by atoms with van der Waals surface area (Å²) in [5, 5.41) is 11.6. The van der Waals surface area contributed by atoms with E-state index >= 15 is 0 Å². The highest BCUT2D eigenvalue weighted by atomic mass is 16.4. The zero-order valence-electron chi connectivity index (χ0n) is 11.2. The van der Waals surface area contributed by atoms with E-state index in [4.69, 9.17) is 5.11 Å². The van der Waals surface area contributed by atoms with Crippen molar-refractivity contribution in [3.8, 4) is 0 Å². The number of amides is 1. The first kappa shape index (κ1) is 13.7. The third kappa shape index (κ3) is 2.83. The summed E-state index contributed by atoms with van der Waals surface area (Å²) in [6.07, 6.45) is 0. The number of hydrogen-bond acceptors (Lipinski definition) is 3. The molecule has 0 aliphatic heterocycles. The van der Waals surface area contributed by atoms with Crippen LogP contribution in [-0.4, -0.2) is 22.0 Å². The lowest BCUT2D eigenvalue weighted by Crippen LogP contribution is -2.16. The molecular formula is C15H14N2O3. The van der Waals surface area contributed by atoms with Crippen LogP contribution in [-0.2, 0) is 0 Å². The second-order valence-electron chi connectivity index (χ2n) is 4.43. The maximum atomic E-state index is 12.1. The van der Waals surface area contributed by atoms with E-state index in [0.717, 1.165) is 16.8 Å². The topological polar surface area (TPSA) is 79.3 Å². The maximum absolute atomic E-state index is 12.1. The summed E-state index contributed by atoms with van der Waals surface area (Å²) in [4.78, 5) is 26.8. The van der Waals surface area contributed by atoms with Crippen LogP contribution in [0, 0.1) is 13.8 Å². The Morgan fingerprint density at radius 2 is 1.55 bits per heavy atom. The summed E-state index contributed by atoms with van der Waals surface area (Å²) in [5.74, 6) is -1.59. The van der Waals surface area contributed by atoms with Crippen molar-refractivity contribution in [1.29, 1.82) is 0 Å². The molecule has 0 aliphatic carbocycles. The molecule has 0 spiro atoms. The van der Waals surface area contributed by atoms with Crippen LogP contribution in [0.2, 0.25) is 0 Å². The van der Waals surface area contributed by atoms with E-state index < -0.39 is 11.9 Å². The van der Waals surface area contributed by atoms with Crippen LogP contribution < -0.4 is 5.32 Å². The lowest BCUT2D eigenvalue weighted by atomic mass is 10.1. The van der Waals surface area contributed by atoms with E-state index in [1.165, 1.54) is 18.2 Å². The lowest BCUT2D eigenvalue weighted by molar-refractivity contribution is 0.0690. The summed E-state index contributed by atoms with van der Waals surface area (Å²) in [7, 11) is 0. The van der Waals surface area contributed by atoms with Gasteiger partial charge in [0.1, 0.15) is 11.4 Å². The van der Waals surface area contributed by atoms with Crippen LogP contribution in [0.15, 0.2) is 36.4 Å². The van der Waals surface area contributed by atoms with Crippen LogP contribution in [0.3, 0.4) is 0 Å². The van der Waals surface area contributed by atoms with Gasteiger partial charge in [-0.3, -0.25) is 4.79 Å². The number of aromatic nitrogens is 1. The van der Waals surface area contributed by atoms with Crippen LogP contribution in [0.4, 0.5) is 5.69 Å². The number of hydrogen-bond donors (Lipinski definition) is 2. The summed E-state index contributed by atoms with van der Waals surface area (Å²) in [5.41, 5.74) is 2.52. The number of carboxylic acid groups (broad SMARTS) is 1. The highest BCUT2D eigenvalue weighted by molar-refractivity contribution is 6.04. The Labute approximate surface area is 116 Å². The zero-order valence-corrected chi connectivity index (χ0v) is 11.2. The van der Waals surface area contributed by atoms with Crippen molar-refractivity contribution in [2.45, 2.75) is 13.8 Å². The van der Waals surface area contributed by atoms with Gasteiger partial charge in [-0.15, -0.1) is 0 Å². The average Bonchev–Trinajstić information content (AvgIpc) is 2.43. The van der Waals surface area contributed by atoms with E-state index in [9.17, 15) is 9.59 Å². The highest BCUT2D eigenvalue weighted by Gasteiger charge is 2.13. The van der Waals surface area contributed by atoms with Gasteiger partial charge < -0.3 is 10.4 Å². The van der Waals surface area contributed by atoms with Gasteiger partial charge in [0.2, 0.25) is 0 Å². The van der Waals surface area contributed by atoms with Gasteiger partial charge in [0.15, 0.2) is 0 Å². The molecule has 0 bridgehead atoms. The number of aryl methyl sites for hydroxylation is 2. The molecule has 2 N–H and O–H groups in total. The molecule has 1 aromatic carbocycles. The first-order valence-electron chi connectivity index (χ1n) is 6.07. The van der Waals surface area contributed by atoms with Crippen molar-refractivity contribution < 1.29 is 14.7 Å². The van der Waals surface area contributed by atoms with Gasteiger partial charge >= 0.3 is 5.97 Å². The number of benzene rings is 1. The van der Waals surface area contributed by atoms with Gasteiger partial charge in [-0.25, -0.2) is 9.78 Å². The predicted octanol–water partition coefficient (Wildman–Crippen LogP) is 2.65. The Kier molecular flexibility index (Phi) is 3.79. The fourth-order valence-electron chi connectivity index (χ4n) is 1.87. The number of aromatic carboxylic acids is 1. The molecule has 20 heavy (non-hydrogen) atoms. The van der Waals surface area contributed by atoms with Crippen molar-refractivity contribution in [2.75, 3.05) is 5.32 Å². The second-order valence-corrected chi connectivity index (χ2v) is 4.43. The Hall–Kier alpha value is -2.69. The minimum Gasteiger partial charge on any atom is -0.477 e. The highest BCUT2D eigenvalue weighted by Crippen LogP contribution is 2.20. The number of anilines is 1. The first-order valence-corrected chi connectivity index (χ1v) is 6.07. The number of carbonyl (C=O) groups excluding carboxylic acids is 1.